The number of pyridine rings is 1. The lowest BCUT2D eigenvalue weighted by molar-refractivity contribution is 0.0302. The normalized spacial score (nSPS) is 18.3. The van der Waals surface area contributed by atoms with Gasteiger partial charge in [-0.3, -0.25) is 9.20 Å². The Morgan fingerprint density at radius 3 is 2.84 bits per heavy atom. The van der Waals surface area contributed by atoms with Crippen LogP contribution in [0.3, 0.4) is 0 Å². The second-order valence-electron chi connectivity index (χ2n) is 8.36. The summed E-state index contributed by atoms with van der Waals surface area (Å²) in [7, 11) is 0. The van der Waals surface area contributed by atoms with E-state index in [2.05, 4.69) is 18.3 Å². The summed E-state index contributed by atoms with van der Waals surface area (Å²) in [5.41, 5.74) is 5.75. The lowest BCUT2D eigenvalue weighted by atomic mass is 9.95. The largest absolute Gasteiger partial charge is 0.493 e. The van der Waals surface area contributed by atoms with E-state index in [1.54, 1.807) is 6.20 Å². The van der Waals surface area contributed by atoms with Gasteiger partial charge in [0, 0.05) is 31.3 Å². The second kappa shape index (κ2) is 8.44. The highest BCUT2D eigenvalue weighted by molar-refractivity contribution is 5.96. The number of hydrogen-bond donors (Lipinski definition) is 2. The Hall–Kier alpha value is -3.10. The summed E-state index contributed by atoms with van der Waals surface area (Å²) >= 11 is 0. The Bertz CT molecular complexity index is 1170. The third kappa shape index (κ3) is 3.59. The molecular weight excluding hydrogens is 408 g/mol. The van der Waals surface area contributed by atoms with Crippen LogP contribution in [0.25, 0.3) is 5.65 Å². The maximum Gasteiger partial charge on any atom is 0.255 e. The molecule has 32 heavy (non-hydrogen) atoms. The van der Waals surface area contributed by atoms with Gasteiger partial charge in [-0.25, -0.2) is 4.98 Å². The molecule has 3 aromatic rings. The van der Waals surface area contributed by atoms with E-state index in [4.69, 9.17) is 14.5 Å². The van der Waals surface area contributed by atoms with Crippen LogP contribution in [0, 0.1) is 13.8 Å². The number of carbonyl (C=O) groups excluding carboxylic acids is 1. The molecule has 2 aliphatic heterocycles. The number of imidazole rings is 1. The molecule has 0 bridgehead atoms. The first-order valence-corrected chi connectivity index (χ1v) is 11.0. The summed E-state index contributed by atoms with van der Waals surface area (Å²) in [6, 6.07) is 8.00. The van der Waals surface area contributed by atoms with E-state index >= 15 is 0 Å². The number of ether oxygens (including phenoxy) is 2. The van der Waals surface area contributed by atoms with Gasteiger partial charge in [-0.1, -0.05) is 12.1 Å². The SMILES string of the molecule is Cc1cccc2c1C(Nc1cc(C(=O)N3CCOCC3)cn3c(CO)c(C)nc13)CCO2. The average Bonchev–Trinajstić information content (AvgIpc) is 3.14. The average molecular weight is 437 g/mol. The van der Waals surface area contributed by atoms with Gasteiger partial charge in [0.2, 0.25) is 0 Å². The number of aliphatic hydroxyl groups excluding tert-OH is 1. The molecule has 5 rings (SSSR count). The van der Waals surface area contributed by atoms with Crippen LogP contribution in [0.15, 0.2) is 30.5 Å². The van der Waals surface area contributed by atoms with Crippen LogP contribution in [0.1, 0.15) is 45.3 Å². The number of aromatic nitrogens is 2. The summed E-state index contributed by atoms with van der Waals surface area (Å²) in [5, 5.41) is 13.6. The van der Waals surface area contributed by atoms with E-state index < -0.39 is 0 Å². The predicted octanol–water partition coefficient (Wildman–Crippen LogP) is 2.85. The zero-order valence-electron chi connectivity index (χ0n) is 18.4. The third-order valence-electron chi connectivity index (χ3n) is 6.34. The number of carbonyl (C=O) groups is 1. The fourth-order valence-electron chi connectivity index (χ4n) is 4.66. The Morgan fingerprint density at radius 2 is 2.06 bits per heavy atom. The van der Waals surface area contributed by atoms with Crippen molar-refractivity contribution >= 4 is 17.2 Å². The molecule has 0 spiro atoms. The number of hydrogen-bond acceptors (Lipinski definition) is 6. The summed E-state index contributed by atoms with van der Waals surface area (Å²) in [6.45, 7) is 6.66. The number of morpholine rings is 1. The first kappa shape index (κ1) is 20.8. The van der Waals surface area contributed by atoms with Gasteiger partial charge < -0.3 is 24.8 Å². The molecule has 0 radical (unpaired) electrons. The zero-order valence-corrected chi connectivity index (χ0v) is 18.4. The Balaban J connectivity index is 1.59. The Morgan fingerprint density at radius 1 is 1.25 bits per heavy atom. The minimum atomic E-state index is -0.152. The first-order valence-electron chi connectivity index (χ1n) is 11.0. The van der Waals surface area contributed by atoms with E-state index in [9.17, 15) is 9.90 Å². The number of rotatable bonds is 4. The van der Waals surface area contributed by atoms with Crippen LogP contribution in [0.4, 0.5) is 5.69 Å². The maximum absolute atomic E-state index is 13.3. The van der Waals surface area contributed by atoms with Gasteiger partial charge in [0.15, 0.2) is 5.65 Å². The maximum atomic E-state index is 13.3. The van der Waals surface area contributed by atoms with Crippen molar-refractivity contribution in [2.45, 2.75) is 32.9 Å². The standard InChI is InChI=1S/C24H28N4O4/c1-15-4-3-5-21-22(15)18(6-9-32-21)26-19-12-17(24(30)27-7-10-31-11-8-27)13-28-20(14-29)16(2)25-23(19)28/h3-5,12-13,18,26,29H,6-11,14H2,1-2H3. The molecule has 1 unspecified atom stereocenters. The van der Waals surface area contributed by atoms with Gasteiger partial charge in [0.05, 0.1) is 55.1 Å². The lowest BCUT2D eigenvalue weighted by Crippen LogP contribution is -2.40. The van der Waals surface area contributed by atoms with Crippen molar-refractivity contribution in [2.24, 2.45) is 0 Å². The van der Waals surface area contributed by atoms with E-state index in [0.29, 0.717) is 49.8 Å². The minimum absolute atomic E-state index is 0.0343. The van der Waals surface area contributed by atoms with Gasteiger partial charge in [-0.05, 0) is 31.5 Å². The second-order valence-corrected chi connectivity index (χ2v) is 8.36. The number of nitrogens with zero attached hydrogens (tertiary/aromatic N) is 3. The minimum Gasteiger partial charge on any atom is -0.493 e. The van der Waals surface area contributed by atoms with Crippen LogP contribution in [0.5, 0.6) is 5.75 Å². The smallest absolute Gasteiger partial charge is 0.255 e. The molecule has 0 aliphatic carbocycles. The first-order chi connectivity index (χ1) is 15.6. The highest BCUT2D eigenvalue weighted by Gasteiger charge is 2.26. The fourth-order valence-corrected chi connectivity index (χ4v) is 4.66. The number of benzene rings is 1. The van der Waals surface area contributed by atoms with Gasteiger partial charge in [-0.2, -0.15) is 0 Å². The van der Waals surface area contributed by atoms with Crippen LogP contribution >= 0.6 is 0 Å². The van der Waals surface area contributed by atoms with Crippen LogP contribution in [0.2, 0.25) is 0 Å². The van der Waals surface area contributed by atoms with Gasteiger partial charge >= 0.3 is 0 Å². The Kier molecular flexibility index (Phi) is 5.48. The van der Waals surface area contributed by atoms with Crippen molar-refractivity contribution in [1.82, 2.24) is 14.3 Å². The molecule has 2 N–H and O–H groups in total. The summed E-state index contributed by atoms with van der Waals surface area (Å²) in [6.07, 6.45) is 2.59. The molecule has 1 amide bonds. The number of nitrogens with one attached hydrogen (secondary N) is 1. The quantitative estimate of drug-likeness (QED) is 0.654. The van der Waals surface area contributed by atoms with E-state index in [1.807, 2.05) is 34.4 Å². The highest BCUT2D eigenvalue weighted by Crippen LogP contribution is 2.37. The van der Waals surface area contributed by atoms with Gasteiger partial charge in [0.25, 0.3) is 5.91 Å². The number of anilines is 1. The number of amides is 1. The van der Waals surface area contributed by atoms with Crippen molar-refractivity contribution < 1.29 is 19.4 Å². The molecule has 2 aromatic heterocycles. The molecule has 168 valence electrons. The van der Waals surface area contributed by atoms with Gasteiger partial charge in [-0.15, -0.1) is 0 Å². The molecule has 8 heteroatoms. The van der Waals surface area contributed by atoms with Crippen molar-refractivity contribution in [2.75, 3.05) is 38.2 Å². The number of fused-ring (bicyclic) bond motifs is 2. The molecule has 1 aromatic carbocycles. The zero-order chi connectivity index (χ0) is 22.2. The molecule has 1 atom stereocenters. The topological polar surface area (TPSA) is 88.3 Å². The summed E-state index contributed by atoms with van der Waals surface area (Å²) < 4.78 is 13.1. The molecule has 2 aliphatic rings. The highest BCUT2D eigenvalue weighted by atomic mass is 16.5. The number of aryl methyl sites for hydroxylation is 2. The van der Waals surface area contributed by atoms with Gasteiger partial charge in [0.1, 0.15) is 5.75 Å². The van der Waals surface area contributed by atoms with Crippen LogP contribution in [-0.4, -0.2) is 58.2 Å². The van der Waals surface area contributed by atoms with Crippen molar-refractivity contribution in [3.8, 4) is 5.75 Å². The van der Waals surface area contributed by atoms with Crippen LogP contribution in [-0.2, 0) is 11.3 Å². The van der Waals surface area contributed by atoms with Crippen molar-refractivity contribution in [3.05, 3.63) is 58.5 Å². The molecule has 1 saturated heterocycles. The van der Waals surface area contributed by atoms with Crippen LogP contribution < -0.4 is 10.1 Å². The molecule has 0 saturated carbocycles. The fraction of sp³-hybridized carbons (Fsp3) is 0.417. The van der Waals surface area contributed by atoms with E-state index in [-0.39, 0.29) is 18.6 Å². The molecule has 8 nitrogen and oxygen atoms in total. The van der Waals surface area contributed by atoms with Crippen molar-refractivity contribution in [3.63, 3.8) is 0 Å². The third-order valence-corrected chi connectivity index (χ3v) is 6.34. The molecule has 4 heterocycles. The van der Waals surface area contributed by atoms with E-state index in [0.717, 1.165) is 34.7 Å². The van der Waals surface area contributed by atoms with E-state index in [1.165, 1.54) is 0 Å². The summed E-state index contributed by atoms with van der Waals surface area (Å²) in [5.74, 6) is 0.845. The monoisotopic (exact) mass is 436 g/mol. The summed E-state index contributed by atoms with van der Waals surface area (Å²) in [4.78, 5) is 19.8. The van der Waals surface area contributed by atoms with Crippen molar-refractivity contribution in [1.29, 1.82) is 0 Å². The lowest BCUT2D eigenvalue weighted by Gasteiger charge is -2.30. The number of aliphatic hydroxyl groups is 1. The predicted molar refractivity (Wildman–Crippen MR) is 120 cm³/mol. The molecular formula is C24H28N4O4. The molecule has 1 fully saturated rings. The Labute approximate surface area is 186 Å².